The van der Waals surface area contributed by atoms with Crippen molar-refractivity contribution in [2.45, 2.75) is 31.7 Å². The number of ether oxygens (including phenoxy) is 1. The van der Waals surface area contributed by atoms with Crippen LogP contribution < -0.4 is 15.6 Å². The Bertz CT molecular complexity index is 1040. The van der Waals surface area contributed by atoms with Gasteiger partial charge in [0, 0.05) is 24.6 Å². The normalized spacial score (nSPS) is 13.5. The van der Waals surface area contributed by atoms with Crippen molar-refractivity contribution in [1.29, 1.82) is 0 Å². The molecule has 6 nitrogen and oxygen atoms in total. The highest BCUT2D eigenvalue weighted by Crippen LogP contribution is 2.34. The van der Waals surface area contributed by atoms with Crippen LogP contribution in [-0.2, 0) is 11.2 Å². The summed E-state index contributed by atoms with van der Waals surface area (Å²) in [7, 11) is 1.60. The zero-order valence-electron chi connectivity index (χ0n) is 15.1. The molecule has 1 aliphatic rings. The van der Waals surface area contributed by atoms with Gasteiger partial charge in [0.25, 0.3) is 5.56 Å². The zero-order chi connectivity index (χ0) is 18.8. The number of carbonyl (C=O) groups is 1. The molecule has 3 aromatic rings. The number of nitrogens with zero attached hydrogens (tertiary/aromatic N) is 2. The van der Waals surface area contributed by atoms with Gasteiger partial charge in [0.2, 0.25) is 5.91 Å². The summed E-state index contributed by atoms with van der Waals surface area (Å²) >= 11 is 0. The average molecular weight is 363 g/mol. The molecule has 0 aliphatic heterocycles. The second-order valence-electron chi connectivity index (χ2n) is 6.73. The maximum absolute atomic E-state index is 12.8. The van der Waals surface area contributed by atoms with Gasteiger partial charge in [-0.1, -0.05) is 12.1 Å². The number of aryl methyl sites for hydroxylation is 1. The SMILES string of the molecule is COc1ccc(NC(=O)CCc2nc3ccccc3c(=O)n2C2CC2)cc1. The van der Waals surface area contributed by atoms with Crippen molar-refractivity contribution in [1.82, 2.24) is 9.55 Å². The number of rotatable bonds is 6. The third kappa shape index (κ3) is 3.69. The van der Waals surface area contributed by atoms with Gasteiger partial charge in [0.05, 0.1) is 18.0 Å². The lowest BCUT2D eigenvalue weighted by molar-refractivity contribution is -0.116. The second kappa shape index (κ2) is 7.23. The van der Waals surface area contributed by atoms with Crippen molar-refractivity contribution < 1.29 is 9.53 Å². The van der Waals surface area contributed by atoms with Crippen LogP contribution in [0.15, 0.2) is 53.3 Å². The first-order chi connectivity index (χ1) is 13.2. The molecule has 4 rings (SSSR count). The minimum absolute atomic E-state index is 0.00587. The third-order valence-corrected chi connectivity index (χ3v) is 4.74. The fourth-order valence-corrected chi connectivity index (χ4v) is 3.20. The van der Waals surface area contributed by atoms with E-state index in [-0.39, 0.29) is 23.9 Å². The highest BCUT2D eigenvalue weighted by atomic mass is 16.5. The maximum atomic E-state index is 12.8. The minimum Gasteiger partial charge on any atom is -0.497 e. The quantitative estimate of drug-likeness (QED) is 0.729. The number of benzene rings is 2. The number of anilines is 1. The zero-order valence-corrected chi connectivity index (χ0v) is 15.1. The molecular weight excluding hydrogens is 342 g/mol. The lowest BCUT2D eigenvalue weighted by atomic mass is 10.2. The summed E-state index contributed by atoms with van der Waals surface area (Å²) in [6.45, 7) is 0. The molecule has 1 aliphatic carbocycles. The van der Waals surface area contributed by atoms with E-state index < -0.39 is 0 Å². The highest BCUT2D eigenvalue weighted by Gasteiger charge is 2.28. The molecule has 1 aromatic heterocycles. The number of para-hydroxylation sites is 1. The Hall–Kier alpha value is -3.15. The fourth-order valence-electron chi connectivity index (χ4n) is 3.20. The Morgan fingerprint density at radius 3 is 2.63 bits per heavy atom. The van der Waals surface area contributed by atoms with Gasteiger partial charge in [-0.25, -0.2) is 4.98 Å². The van der Waals surface area contributed by atoms with Crippen LogP contribution in [0.25, 0.3) is 10.9 Å². The number of nitrogens with one attached hydrogen (secondary N) is 1. The van der Waals surface area contributed by atoms with E-state index in [9.17, 15) is 9.59 Å². The molecule has 1 amide bonds. The summed E-state index contributed by atoms with van der Waals surface area (Å²) in [5, 5.41) is 3.50. The van der Waals surface area contributed by atoms with Crippen molar-refractivity contribution in [3.05, 3.63) is 64.7 Å². The summed E-state index contributed by atoms with van der Waals surface area (Å²) < 4.78 is 6.89. The summed E-state index contributed by atoms with van der Waals surface area (Å²) in [6.07, 6.45) is 2.68. The van der Waals surface area contributed by atoms with Gasteiger partial charge in [-0.05, 0) is 49.2 Å². The fraction of sp³-hybridized carbons (Fsp3) is 0.286. The molecule has 0 atom stereocenters. The van der Waals surface area contributed by atoms with E-state index in [0.29, 0.717) is 28.8 Å². The lowest BCUT2D eigenvalue weighted by Crippen LogP contribution is -2.25. The summed E-state index contributed by atoms with van der Waals surface area (Å²) in [5.74, 6) is 1.32. The molecule has 0 bridgehead atoms. The van der Waals surface area contributed by atoms with Crippen LogP contribution in [0, 0.1) is 0 Å². The van der Waals surface area contributed by atoms with Crippen molar-refractivity contribution in [3.63, 3.8) is 0 Å². The molecule has 0 unspecified atom stereocenters. The van der Waals surface area contributed by atoms with Gasteiger partial charge >= 0.3 is 0 Å². The van der Waals surface area contributed by atoms with Crippen LogP contribution >= 0.6 is 0 Å². The first kappa shape index (κ1) is 17.3. The molecule has 0 saturated heterocycles. The van der Waals surface area contributed by atoms with Crippen LogP contribution in [0.3, 0.4) is 0 Å². The van der Waals surface area contributed by atoms with Crippen molar-refractivity contribution in [2.75, 3.05) is 12.4 Å². The first-order valence-electron chi connectivity index (χ1n) is 9.10. The molecule has 138 valence electrons. The molecule has 1 N–H and O–H groups in total. The Morgan fingerprint density at radius 2 is 1.93 bits per heavy atom. The van der Waals surface area contributed by atoms with E-state index in [4.69, 9.17) is 4.74 Å². The Labute approximate surface area is 156 Å². The number of hydrogen-bond donors (Lipinski definition) is 1. The third-order valence-electron chi connectivity index (χ3n) is 4.74. The topological polar surface area (TPSA) is 73.2 Å². The molecule has 1 saturated carbocycles. The van der Waals surface area contributed by atoms with E-state index in [1.165, 1.54) is 0 Å². The molecule has 0 radical (unpaired) electrons. The largest absolute Gasteiger partial charge is 0.497 e. The Kier molecular flexibility index (Phi) is 4.62. The van der Waals surface area contributed by atoms with E-state index in [1.54, 1.807) is 35.9 Å². The van der Waals surface area contributed by atoms with Crippen molar-refractivity contribution in [3.8, 4) is 5.75 Å². The highest BCUT2D eigenvalue weighted by molar-refractivity contribution is 5.90. The number of aromatic nitrogens is 2. The van der Waals surface area contributed by atoms with Gasteiger partial charge in [-0.15, -0.1) is 0 Å². The summed E-state index contributed by atoms with van der Waals surface area (Å²) in [5.41, 5.74) is 1.39. The molecule has 0 spiro atoms. The lowest BCUT2D eigenvalue weighted by Gasteiger charge is -2.13. The number of carbonyl (C=O) groups excluding carboxylic acids is 1. The van der Waals surface area contributed by atoms with Crippen LogP contribution in [0.4, 0.5) is 5.69 Å². The number of amides is 1. The van der Waals surface area contributed by atoms with Gasteiger partial charge in [0.15, 0.2) is 0 Å². The van der Waals surface area contributed by atoms with E-state index in [1.807, 2.05) is 24.3 Å². The van der Waals surface area contributed by atoms with E-state index in [2.05, 4.69) is 10.3 Å². The van der Waals surface area contributed by atoms with Crippen molar-refractivity contribution in [2.24, 2.45) is 0 Å². The predicted molar refractivity (Wildman–Crippen MR) is 104 cm³/mol. The van der Waals surface area contributed by atoms with Crippen molar-refractivity contribution >= 4 is 22.5 Å². The van der Waals surface area contributed by atoms with Gasteiger partial charge in [-0.2, -0.15) is 0 Å². The second-order valence-corrected chi connectivity index (χ2v) is 6.73. The summed E-state index contributed by atoms with van der Waals surface area (Å²) in [6, 6.07) is 14.8. The van der Waals surface area contributed by atoms with Gasteiger partial charge < -0.3 is 10.1 Å². The van der Waals surface area contributed by atoms with E-state index >= 15 is 0 Å². The van der Waals surface area contributed by atoms with Gasteiger partial charge in [0.1, 0.15) is 11.6 Å². The molecule has 2 aromatic carbocycles. The molecule has 1 fully saturated rings. The van der Waals surface area contributed by atoms with Crippen LogP contribution in [0.1, 0.15) is 31.1 Å². The standard InChI is InChI=1S/C21H21N3O3/c1-27-16-10-6-14(7-11-16)22-20(25)13-12-19-23-18-5-3-2-4-17(18)21(26)24(19)15-8-9-15/h2-7,10-11,15H,8-9,12-13H2,1H3,(H,22,25). The Balaban J connectivity index is 1.51. The smallest absolute Gasteiger partial charge is 0.261 e. The number of hydrogen-bond acceptors (Lipinski definition) is 4. The first-order valence-corrected chi connectivity index (χ1v) is 9.10. The molecule has 1 heterocycles. The average Bonchev–Trinajstić information content (AvgIpc) is 3.52. The molecule has 27 heavy (non-hydrogen) atoms. The molecular formula is C21H21N3O3. The summed E-state index contributed by atoms with van der Waals surface area (Å²) in [4.78, 5) is 29.8. The van der Waals surface area contributed by atoms with Crippen LogP contribution in [-0.4, -0.2) is 22.6 Å². The maximum Gasteiger partial charge on any atom is 0.261 e. The monoisotopic (exact) mass is 363 g/mol. The van der Waals surface area contributed by atoms with Crippen LogP contribution in [0.2, 0.25) is 0 Å². The molecule has 6 heteroatoms. The van der Waals surface area contributed by atoms with Crippen LogP contribution in [0.5, 0.6) is 5.75 Å². The number of methoxy groups -OCH3 is 1. The van der Waals surface area contributed by atoms with E-state index in [0.717, 1.165) is 18.6 Å². The number of fused-ring (bicyclic) bond motifs is 1. The Morgan fingerprint density at radius 1 is 1.19 bits per heavy atom. The van der Waals surface area contributed by atoms with Gasteiger partial charge in [-0.3, -0.25) is 14.2 Å². The predicted octanol–water partition coefficient (Wildman–Crippen LogP) is 3.31. The minimum atomic E-state index is -0.107.